The van der Waals surface area contributed by atoms with E-state index in [1.165, 1.54) is 4.90 Å². The average Bonchev–Trinajstić information content (AvgIpc) is 2.46. The minimum absolute atomic E-state index is 0.00221. The van der Waals surface area contributed by atoms with E-state index in [1.54, 1.807) is 0 Å². The Kier molecular flexibility index (Phi) is 4.18. The van der Waals surface area contributed by atoms with Gasteiger partial charge in [-0.2, -0.15) is 0 Å². The molecular formula is C15H15F2NO3. The van der Waals surface area contributed by atoms with E-state index in [0.717, 1.165) is 18.2 Å². The molecule has 1 aliphatic rings. The van der Waals surface area contributed by atoms with Gasteiger partial charge in [-0.15, -0.1) is 0 Å². The zero-order valence-electron chi connectivity index (χ0n) is 11.3. The van der Waals surface area contributed by atoms with Crippen LogP contribution in [0.3, 0.4) is 0 Å². The van der Waals surface area contributed by atoms with Crippen molar-refractivity contribution in [1.29, 1.82) is 0 Å². The number of halogens is 2. The molecule has 1 amide bonds. The Morgan fingerprint density at radius 3 is 2.43 bits per heavy atom. The Balaban J connectivity index is 2.16. The number of hydrogen-bond donors (Lipinski definition) is 1. The molecule has 1 aromatic rings. The minimum Gasteiger partial charge on any atom is -0.382 e. The number of benzene rings is 1. The molecule has 112 valence electrons. The summed E-state index contributed by atoms with van der Waals surface area (Å²) in [6.45, 7) is 3.72. The molecular weight excluding hydrogens is 280 g/mol. The maximum Gasteiger partial charge on any atom is 0.245 e. The highest BCUT2D eigenvalue weighted by Crippen LogP contribution is 2.27. The van der Waals surface area contributed by atoms with Crippen LogP contribution in [0.15, 0.2) is 30.9 Å². The lowest BCUT2D eigenvalue weighted by Gasteiger charge is -2.36. The Labute approximate surface area is 120 Å². The topological polar surface area (TPSA) is 57.6 Å². The van der Waals surface area contributed by atoms with Gasteiger partial charge in [-0.3, -0.25) is 9.59 Å². The Bertz CT molecular complexity index is 593. The number of aliphatic hydroxyl groups is 1. The lowest BCUT2D eigenvalue weighted by Crippen LogP contribution is -2.50. The molecule has 1 N–H and O–H groups in total. The molecule has 1 heterocycles. The first-order chi connectivity index (χ1) is 9.87. The van der Waals surface area contributed by atoms with Gasteiger partial charge in [0, 0.05) is 32.0 Å². The van der Waals surface area contributed by atoms with Crippen molar-refractivity contribution in [3.05, 3.63) is 48.1 Å². The van der Waals surface area contributed by atoms with Gasteiger partial charge in [0.25, 0.3) is 0 Å². The quantitative estimate of drug-likeness (QED) is 0.682. The molecule has 1 aromatic carbocycles. The summed E-state index contributed by atoms with van der Waals surface area (Å²) < 4.78 is 26.5. The third kappa shape index (κ3) is 3.00. The van der Waals surface area contributed by atoms with Crippen LogP contribution in [0.25, 0.3) is 0 Å². The second kappa shape index (κ2) is 5.73. The molecule has 4 nitrogen and oxygen atoms in total. The van der Waals surface area contributed by atoms with E-state index >= 15 is 0 Å². The standard InChI is InChI=1S/C15H15F2NO3/c1-2-13(19)18-7-5-15(21,6-8-18)14(20)11-4-3-10(16)9-12(11)17/h2-4,9,21H,1,5-8H2. The van der Waals surface area contributed by atoms with E-state index in [4.69, 9.17) is 0 Å². The number of hydrogen-bond acceptors (Lipinski definition) is 3. The predicted octanol–water partition coefficient (Wildman–Crippen LogP) is 1.69. The number of carbonyl (C=O) groups is 2. The third-order valence-electron chi connectivity index (χ3n) is 3.68. The average molecular weight is 295 g/mol. The van der Waals surface area contributed by atoms with E-state index in [1.807, 2.05) is 0 Å². The van der Waals surface area contributed by atoms with Crippen molar-refractivity contribution >= 4 is 11.7 Å². The highest BCUT2D eigenvalue weighted by molar-refractivity contribution is 6.02. The number of carbonyl (C=O) groups excluding carboxylic acids is 2. The lowest BCUT2D eigenvalue weighted by atomic mass is 9.84. The maximum atomic E-state index is 13.6. The molecule has 0 radical (unpaired) electrons. The van der Waals surface area contributed by atoms with Crippen LogP contribution in [0.5, 0.6) is 0 Å². The summed E-state index contributed by atoms with van der Waals surface area (Å²) in [5, 5.41) is 10.4. The summed E-state index contributed by atoms with van der Waals surface area (Å²) in [5.41, 5.74) is -2.08. The molecule has 6 heteroatoms. The molecule has 1 saturated heterocycles. The van der Waals surface area contributed by atoms with Crippen LogP contribution < -0.4 is 0 Å². The monoisotopic (exact) mass is 295 g/mol. The number of amides is 1. The van der Waals surface area contributed by atoms with Gasteiger partial charge in [0.15, 0.2) is 5.78 Å². The highest BCUT2D eigenvalue weighted by Gasteiger charge is 2.41. The van der Waals surface area contributed by atoms with Gasteiger partial charge in [-0.1, -0.05) is 6.58 Å². The zero-order chi connectivity index (χ0) is 15.6. The van der Waals surface area contributed by atoms with Crippen LogP contribution in [-0.4, -0.2) is 40.4 Å². The maximum absolute atomic E-state index is 13.6. The predicted molar refractivity (Wildman–Crippen MR) is 71.6 cm³/mol. The molecule has 0 aliphatic carbocycles. The number of rotatable bonds is 3. The highest BCUT2D eigenvalue weighted by atomic mass is 19.1. The molecule has 0 aromatic heterocycles. The van der Waals surface area contributed by atoms with Gasteiger partial charge >= 0.3 is 0 Å². The summed E-state index contributed by atoms with van der Waals surface area (Å²) in [5.74, 6) is -2.86. The third-order valence-corrected chi connectivity index (χ3v) is 3.68. The molecule has 0 spiro atoms. The summed E-state index contributed by atoms with van der Waals surface area (Å²) in [6.07, 6.45) is 1.16. The summed E-state index contributed by atoms with van der Waals surface area (Å²) in [4.78, 5) is 25.2. The fraction of sp³-hybridized carbons (Fsp3) is 0.333. The Morgan fingerprint density at radius 2 is 1.90 bits per heavy atom. The van der Waals surface area contributed by atoms with Crippen molar-refractivity contribution in [2.75, 3.05) is 13.1 Å². The first kappa shape index (κ1) is 15.3. The SMILES string of the molecule is C=CC(=O)N1CCC(O)(C(=O)c2ccc(F)cc2F)CC1. The van der Waals surface area contributed by atoms with Gasteiger partial charge in [-0.25, -0.2) is 8.78 Å². The van der Waals surface area contributed by atoms with Crippen molar-refractivity contribution < 1.29 is 23.5 Å². The van der Waals surface area contributed by atoms with E-state index in [-0.39, 0.29) is 37.4 Å². The van der Waals surface area contributed by atoms with Crippen molar-refractivity contribution in [3.8, 4) is 0 Å². The van der Waals surface area contributed by atoms with Gasteiger partial charge in [-0.05, 0) is 18.2 Å². The summed E-state index contributed by atoms with van der Waals surface area (Å²) >= 11 is 0. The second-order valence-electron chi connectivity index (χ2n) is 5.01. The lowest BCUT2D eigenvalue weighted by molar-refractivity contribution is -0.129. The molecule has 0 unspecified atom stereocenters. The van der Waals surface area contributed by atoms with Gasteiger partial charge in [0.1, 0.15) is 17.2 Å². The van der Waals surface area contributed by atoms with Crippen LogP contribution in [0.2, 0.25) is 0 Å². The number of ketones is 1. The van der Waals surface area contributed by atoms with E-state index < -0.39 is 23.0 Å². The number of likely N-dealkylation sites (tertiary alicyclic amines) is 1. The van der Waals surface area contributed by atoms with Crippen LogP contribution in [-0.2, 0) is 4.79 Å². The van der Waals surface area contributed by atoms with Gasteiger partial charge < -0.3 is 10.0 Å². The molecule has 2 rings (SSSR count). The number of piperidine rings is 1. The van der Waals surface area contributed by atoms with Crippen molar-refractivity contribution in [2.24, 2.45) is 0 Å². The largest absolute Gasteiger partial charge is 0.382 e. The second-order valence-corrected chi connectivity index (χ2v) is 5.01. The van der Waals surface area contributed by atoms with Crippen LogP contribution in [0.4, 0.5) is 8.78 Å². The fourth-order valence-corrected chi connectivity index (χ4v) is 2.38. The smallest absolute Gasteiger partial charge is 0.245 e. The van der Waals surface area contributed by atoms with Crippen LogP contribution in [0.1, 0.15) is 23.2 Å². The van der Waals surface area contributed by atoms with E-state index in [0.29, 0.717) is 6.07 Å². The van der Waals surface area contributed by atoms with Crippen molar-refractivity contribution in [1.82, 2.24) is 4.90 Å². The number of Topliss-reactive ketones (excluding diaryl/α,β-unsaturated/α-hetero) is 1. The molecule has 0 saturated carbocycles. The van der Waals surface area contributed by atoms with Gasteiger partial charge in [0.2, 0.25) is 5.91 Å². The normalized spacial score (nSPS) is 17.4. The number of nitrogens with zero attached hydrogens (tertiary/aromatic N) is 1. The van der Waals surface area contributed by atoms with Crippen LogP contribution in [0, 0.1) is 11.6 Å². The zero-order valence-corrected chi connectivity index (χ0v) is 11.3. The summed E-state index contributed by atoms with van der Waals surface area (Å²) in [6, 6.07) is 2.59. The minimum atomic E-state index is -1.74. The first-order valence-electron chi connectivity index (χ1n) is 6.51. The Hall–Kier alpha value is -2.08. The van der Waals surface area contributed by atoms with E-state index in [9.17, 15) is 23.5 Å². The van der Waals surface area contributed by atoms with Crippen molar-refractivity contribution in [2.45, 2.75) is 18.4 Å². The van der Waals surface area contributed by atoms with Crippen molar-refractivity contribution in [3.63, 3.8) is 0 Å². The molecule has 1 fully saturated rings. The Morgan fingerprint density at radius 1 is 1.29 bits per heavy atom. The molecule has 0 bridgehead atoms. The summed E-state index contributed by atoms with van der Waals surface area (Å²) in [7, 11) is 0. The molecule has 0 atom stereocenters. The van der Waals surface area contributed by atoms with E-state index in [2.05, 4.69) is 6.58 Å². The molecule has 1 aliphatic heterocycles. The fourth-order valence-electron chi connectivity index (χ4n) is 2.38. The first-order valence-corrected chi connectivity index (χ1v) is 6.51. The van der Waals surface area contributed by atoms with Gasteiger partial charge in [0.05, 0.1) is 5.56 Å². The van der Waals surface area contributed by atoms with Crippen LogP contribution >= 0.6 is 0 Å². The molecule has 21 heavy (non-hydrogen) atoms.